The van der Waals surface area contributed by atoms with Crippen molar-refractivity contribution in [3.63, 3.8) is 0 Å². The maximum Gasteiger partial charge on any atom is 0.310 e. The van der Waals surface area contributed by atoms with Crippen LogP contribution in [0.15, 0.2) is 54.6 Å². The van der Waals surface area contributed by atoms with Gasteiger partial charge < -0.3 is 20.1 Å². The third-order valence-electron chi connectivity index (χ3n) is 6.77. The average Bonchev–Trinajstić information content (AvgIpc) is 3.10. The third kappa shape index (κ3) is 4.25. The fourth-order valence-corrected chi connectivity index (χ4v) is 5.28. The molecule has 0 radical (unpaired) electrons. The Labute approximate surface area is 193 Å². The van der Waals surface area contributed by atoms with Crippen LogP contribution in [-0.4, -0.2) is 53.6 Å². The van der Waals surface area contributed by atoms with Crippen molar-refractivity contribution in [1.82, 2.24) is 4.90 Å². The summed E-state index contributed by atoms with van der Waals surface area (Å²) in [4.78, 5) is 41.2. The number of ether oxygens (including phenoxy) is 1. The summed E-state index contributed by atoms with van der Waals surface area (Å²) < 4.78 is 5.30. The van der Waals surface area contributed by atoms with Gasteiger partial charge in [0.05, 0.1) is 25.0 Å². The monoisotopic (exact) mass is 450 g/mol. The number of allylic oxidation sites excluding steroid dienone is 1. The molecule has 5 atom stereocenters. The van der Waals surface area contributed by atoms with Crippen molar-refractivity contribution in [3.05, 3.63) is 54.6 Å². The van der Waals surface area contributed by atoms with Crippen LogP contribution < -0.4 is 5.32 Å². The Kier molecular flexibility index (Phi) is 6.79. The summed E-state index contributed by atoms with van der Waals surface area (Å²) >= 11 is 0. The zero-order chi connectivity index (χ0) is 23.5. The van der Waals surface area contributed by atoms with Crippen LogP contribution in [0.4, 0.5) is 5.69 Å². The van der Waals surface area contributed by atoms with Crippen molar-refractivity contribution in [1.29, 1.82) is 0 Å². The number of aliphatic hydroxyl groups is 1. The van der Waals surface area contributed by atoms with Crippen LogP contribution in [0.3, 0.4) is 0 Å². The lowest BCUT2D eigenvalue weighted by atomic mass is 9.69. The topological polar surface area (TPSA) is 95.9 Å². The molecule has 0 unspecified atom stereocenters. The van der Waals surface area contributed by atoms with Crippen LogP contribution >= 0.6 is 0 Å². The SMILES string of the molecule is CCOC(=O)[C@H]1[C@@H]2C(=O)N(CCO)[C@H](C(=O)Nc3ccc4ccccc4c3)[C@H]2C=C[C@H]1CC. The number of hydrogen-bond donors (Lipinski definition) is 2. The Morgan fingerprint density at radius 2 is 1.85 bits per heavy atom. The van der Waals surface area contributed by atoms with Crippen LogP contribution in [0.2, 0.25) is 0 Å². The zero-order valence-corrected chi connectivity index (χ0v) is 18.9. The number of nitrogens with one attached hydrogen (secondary N) is 1. The van der Waals surface area contributed by atoms with Gasteiger partial charge in [-0.2, -0.15) is 0 Å². The van der Waals surface area contributed by atoms with Gasteiger partial charge in [-0.15, -0.1) is 0 Å². The highest BCUT2D eigenvalue weighted by molar-refractivity contribution is 6.02. The number of rotatable bonds is 7. The molecule has 2 aliphatic rings. The van der Waals surface area contributed by atoms with Crippen molar-refractivity contribution in [3.8, 4) is 0 Å². The number of β-amino-alcohol motifs (C(OH)–C–C–N with tert-alkyl or cyclic N) is 1. The van der Waals surface area contributed by atoms with E-state index in [1.165, 1.54) is 4.90 Å². The minimum absolute atomic E-state index is 0.0296. The maximum absolute atomic E-state index is 13.5. The van der Waals surface area contributed by atoms with E-state index in [9.17, 15) is 19.5 Å². The van der Waals surface area contributed by atoms with Crippen molar-refractivity contribution in [2.24, 2.45) is 23.7 Å². The van der Waals surface area contributed by atoms with Crippen molar-refractivity contribution < 1.29 is 24.2 Å². The van der Waals surface area contributed by atoms with E-state index in [1.807, 2.05) is 61.5 Å². The van der Waals surface area contributed by atoms with Gasteiger partial charge in [0, 0.05) is 18.2 Å². The molecule has 1 aliphatic carbocycles. The third-order valence-corrected chi connectivity index (χ3v) is 6.77. The number of carbonyl (C=O) groups is 3. The van der Waals surface area contributed by atoms with Gasteiger partial charge in [-0.3, -0.25) is 14.4 Å². The van der Waals surface area contributed by atoms with E-state index in [4.69, 9.17) is 4.74 Å². The summed E-state index contributed by atoms with van der Waals surface area (Å²) in [5, 5.41) is 14.6. The number of amides is 2. The van der Waals surface area contributed by atoms with Crippen LogP contribution in [0.5, 0.6) is 0 Å². The molecule has 1 aliphatic heterocycles. The number of esters is 1. The summed E-state index contributed by atoms with van der Waals surface area (Å²) in [6.45, 7) is 3.70. The molecule has 0 saturated carbocycles. The number of likely N-dealkylation sites (tertiary alicyclic amines) is 1. The average molecular weight is 451 g/mol. The molecule has 1 fully saturated rings. The van der Waals surface area contributed by atoms with Crippen LogP contribution in [-0.2, 0) is 19.1 Å². The molecule has 1 heterocycles. The largest absolute Gasteiger partial charge is 0.466 e. The number of benzene rings is 2. The molecular weight excluding hydrogens is 420 g/mol. The van der Waals surface area contributed by atoms with Gasteiger partial charge in [0.1, 0.15) is 6.04 Å². The highest BCUT2D eigenvalue weighted by Crippen LogP contribution is 2.45. The van der Waals surface area contributed by atoms with Crippen LogP contribution in [0.25, 0.3) is 10.8 Å². The van der Waals surface area contributed by atoms with E-state index < -0.39 is 29.8 Å². The smallest absolute Gasteiger partial charge is 0.310 e. The summed E-state index contributed by atoms with van der Waals surface area (Å²) in [5.74, 6) is -2.95. The molecule has 7 heteroatoms. The van der Waals surface area contributed by atoms with E-state index >= 15 is 0 Å². The summed E-state index contributed by atoms with van der Waals surface area (Å²) in [5.41, 5.74) is 0.631. The standard InChI is InChI=1S/C26H30N2O5/c1-3-16-10-12-20-22(21(16)26(32)33-4-2)25(31)28(13-14-29)23(20)24(30)27-19-11-9-17-7-5-6-8-18(17)15-19/h5-12,15-16,20-23,29H,3-4,13-14H2,1-2H3,(H,27,30)/t16-,20+,21-,22-,23+/m1/s1. The van der Waals surface area contributed by atoms with Gasteiger partial charge in [-0.1, -0.05) is 49.4 Å². The number of nitrogens with zero attached hydrogens (tertiary/aromatic N) is 1. The number of carbonyl (C=O) groups excluding carboxylic acids is 3. The molecule has 0 spiro atoms. The van der Waals surface area contributed by atoms with E-state index in [0.29, 0.717) is 12.1 Å². The lowest BCUT2D eigenvalue weighted by molar-refractivity contribution is -0.155. The molecule has 1 saturated heterocycles. The second-order valence-corrected chi connectivity index (χ2v) is 8.59. The fourth-order valence-electron chi connectivity index (χ4n) is 5.28. The lowest BCUT2D eigenvalue weighted by Gasteiger charge is -2.33. The van der Waals surface area contributed by atoms with Gasteiger partial charge in [-0.25, -0.2) is 0 Å². The lowest BCUT2D eigenvalue weighted by Crippen LogP contribution is -2.45. The Bertz CT molecular complexity index is 1080. The Morgan fingerprint density at radius 3 is 2.55 bits per heavy atom. The van der Waals surface area contributed by atoms with Crippen molar-refractivity contribution >= 4 is 34.2 Å². The molecule has 0 bridgehead atoms. The van der Waals surface area contributed by atoms with Gasteiger partial charge in [0.15, 0.2) is 0 Å². The molecule has 2 aromatic carbocycles. The highest BCUT2D eigenvalue weighted by Gasteiger charge is 2.57. The maximum atomic E-state index is 13.5. The number of anilines is 1. The Balaban J connectivity index is 1.66. The van der Waals surface area contributed by atoms with E-state index in [0.717, 1.165) is 10.8 Å². The number of hydrogen-bond acceptors (Lipinski definition) is 5. The zero-order valence-electron chi connectivity index (χ0n) is 18.9. The second-order valence-electron chi connectivity index (χ2n) is 8.59. The predicted molar refractivity (Wildman–Crippen MR) is 125 cm³/mol. The first-order chi connectivity index (χ1) is 16.0. The first-order valence-corrected chi connectivity index (χ1v) is 11.6. The number of aliphatic hydroxyl groups excluding tert-OH is 1. The van der Waals surface area contributed by atoms with Crippen LogP contribution in [0.1, 0.15) is 20.3 Å². The molecule has 174 valence electrons. The van der Waals surface area contributed by atoms with Crippen molar-refractivity contribution in [2.75, 3.05) is 25.1 Å². The van der Waals surface area contributed by atoms with E-state index in [-0.39, 0.29) is 37.5 Å². The van der Waals surface area contributed by atoms with E-state index in [1.54, 1.807) is 6.92 Å². The molecule has 7 nitrogen and oxygen atoms in total. The van der Waals surface area contributed by atoms with Gasteiger partial charge in [0.25, 0.3) is 0 Å². The van der Waals surface area contributed by atoms with Gasteiger partial charge in [-0.05, 0) is 42.2 Å². The molecule has 2 N–H and O–H groups in total. The van der Waals surface area contributed by atoms with Crippen LogP contribution in [0, 0.1) is 23.7 Å². The number of fused-ring (bicyclic) bond motifs is 2. The molecule has 2 aromatic rings. The van der Waals surface area contributed by atoms with Gasteiger partial charge >= 0.3 is 5.97 Å². The quantitative estimate of drug-likeness (QED) is 0.499. The van der Waals surface area contributed by atoms with Gasteiger partial charge in [0.2, 0.25) is 11.8 Å². The first-order valence-electron chi connectivity index (χ1n) is 11.6. The Morgan fingerprint density at radius 1 is 1.09 bits per heavy atom. The molecule has 2 amide bonds. The highest BCUT2D eigenvalue weighted by atomic mass is 16.5. The summed E-state index contributed by atoms with van der Waals surface area (Å²) in [6, 6.07) is 12.7. The summed E-state index contributed by atoms with van der Waals surface area (Å²) in [7, 11) is 0. The van der Waals surface area contributed by atoms with Crippen molar-refractivity contribution in [2.45, 2.75) is 26.3 Å². The fraction of sp³-hybridized carbons (Fsp3) is 0.423. The second kappa shape index (κ2) is 9.75. The predicted octanol–water partition coefficient (Wildman–Crippen LogP) is 2.99. The first kappa shape index (κ1) is 23.0. The minimum atomic E-state index is -0.813. The normalized spacial score (nSPS) is 26.3. The molecular formula is C26H30N2O5. The summed E-state index contributed by atoms with van der Waals surface area (Å²) in [6.07, 6.45) is 4.52. The molecule has 0 aromatic heterocycles. The Hall–Kier alpha value is -3.19. The minimum Gasteiger partial charge on any atom is -0.466 e. The van der Waals surface area contributed by atoms with E-state index in [2.05, 4.69) is 5.32 Å². The molecule has 4 rings (SSSR count). The molecule has 33 heavy (non-hydrogen) atoms.